The van der Waals surface area contributed by atoms with Crippen molar-refractivity contribution >= 4 is 83.6 Å². The van der Waals surface area contributed by atoms with Gasteiger partial charge < -0.3 is 24.7 Å². The molecule has 296 valence electrons. The Hall–Kier alpha value is -1.30. The first-order valence-electron chi connectivity index (χ1n) is 17.3. The summed E-state index contributed by atoms with van der Waals surface area (Å²) >= 11 is 8.53. The first-order valence-corrected chi connectivity index (χ1v) is 22.9. The number of halogens is 2. The first kappa shape index (κ1) is 59.0. The number of hydrogen-bond donors (Lipinski definition) is 0. The predicted octanol–water partition coefficient (Wildman–Crippen LogP) is 3.70. The summed E-state index contributed by atoms with van der Waals surface area (Å²) < 4.78 is 16.0. The fourth-order valence-electron chi connectivity index (χ4n) is 4.51. The Balaban J connectivity index is -0.000000624. The summed E-state index contributed by atoms with van der Waals surface area (Å²) in [7, 11) is -0.611. The van der Waals surface area contributed by atoms with E-state index in [2.05, 4.69) is 95.1 Å². The van der Waals surface area contributed by atoms with Crippen LogP contribution in [0.3, 0.4) is 0 Å². The SMILES string of the molecule is BrCCCCCBr.C1=CN=CC1.CS(C)=O.CSCn1cnc2ccccc21.[C+]1=Nc2ccccc2C1.[Na+].[Na+].[OH-].[OH-].c1cn(CCCCCn2ccnc2)cn1. The van der Waals surface area contributed by atoms with E-state index in [9.17, 15) is 4.21 Å². The molecule has 0 atom stereocenters. The van der Waals surface area contributed by atoms with Crippen molar-refractivity contribution in [2.24, 2.45) is 9.98 Å². The predicted molar refractivity (Wildman–Crippen MR) is 236 cm³/mol. The van der Waals surface area contributed by atoms with Crippen LogP contribution in [0.25, 0.3) is 11.0 Å². The van der Waals surface area contributed by atoms with Gasteiger partial charge >= 0.3 is 59.1 Å². The minimum absolute atomic E-state index is 0. The molecule has 3 aromatic heterocycles. The smallest absolute Gasteiger partial charge is 0.870 e. The largest absolute Gasteiger partial charge is 1.00 e. The minimum Gasteiger partial charge on any atom is -0.870 e. The van der Waals surface area contributed by atoms with E-state index in [1.807, 2.05) is 92.5 Å². The molecule has 0 bridgehead atoms. The maximum absolute atomic E-state index is 9.56. The molecule has 2 aliphatic heterocycles. The molecule has 0 amide bonds. The summed E-state index contributed by atoms with van der Waals surface area (Å²) in [6, 6.07) is 16.3. The van der Waals surface area contributed by atoms with Crippen molar-refractivity contribution in [3.05, 3.63) is 110 Å². The van der Waals surface area contributed by atoms with Crippen LogP contribution in [0, 0.1) is 0 Å². The normalized spacial score (nSPS) is 10.6. The summed E-state index contributed by atoms with van der Waals surface area (Å²) in [6.45, 7) is 2.15. The van der Waals surface area contributed by atoms with Crippen molar-refractivity contribution < 1.29 is 74.3 Å². The van der Waals surface area contributed by atoms with Gasteiger partial charge in [0.15, 0.2) is 12.6 Å². The average molecular weight is 954 g/mol. The topological polar surface area (TPSA) is 155 Å². The molecule has 0 unspecified atom stereocenters. The van der Waals surface area contributed by atoms with Gasteiger partial charge in [0.2, 0.25) is 5.69 Å². The molecule has 0 radical (unpaired) electrons. The maximum atomic E-state index is 9.56. The number of imidazole rings is 3. The van der Waals surface area contributed by atoms with E-state index in [4.69, 9.17) is 0 Å². The van der Waals surface area contributed by atoms with E-state index in [1.54, 1.807) is 30.5 Å². The zero-order valence-corrected chi connectivity index (χ0v) is 42.3. The molecule has 2 aromatic carbocycles. The van der Waals surface area contributed by atoms with E-state index in [-0.39, 0.29) is 70.1 Å². The van der Waals surface area contributed by atoms with Gasteiger partial charge in [0.1, 0.15) is 0 Å². The van der Waals surface area contributed by atoms with Crippen molar-refractivity contribution in [2.75, 3.05) is 29.4 Å². The average Bonchev–Trinajstić information content (AvgIpc) is 4.01. The molecule has 17 heteroatoms. The number of benzene rings is 2. The van der Waals surface area contributed by atoms with Crippen molar-refractivity contribution in [2.45, 2.75) is 70.3 Å². The Morgan fingerprint density at radius 1 is 0.804 bits per heavy atom. The van der Waals surface area contributed by atoms with Gasteiger partial charge in [-0.05, 0) is 67.6 Å². The molecule has 2 N–H and O–H groups in total. The van der Waals surface area contributed by atoms with Gasteiger partial charge in [-0.3, -0.25) is 9.20 Å². The van der Waals surface area contributed by atoms with E-state index in [1.165, 1.54) is 49.6 Å². The van der Waals surface area contributed by atoms with Crippen LogP contribution in [0.4, 0.5) is 5.69 Å². The fourth-order valence-corrected chi connectivity index (χ4v) is 5.78. The van der Waals surface area contributed by atoms with Crippen LogP contribution in [0.5, 0.6) is 0 Å². The Kier molecular flexibility index (Phi) is 42.7. The second-order valence-electron chi connectivity index (χ2n) is 11.5. The second kappa shape index (κ2) is 40.5. The maximum Gasteiger partial charge on any atom is 1.00 e. The number of rotatable bonds is 12. The molecule has 0 spiro atoms. The molecule has 7 rings (SSSR count). The van der Waals surface area contributed by atoms with Crippen LogP contribution in [0.2, 0.25) is 0 Å². The summed E-state index contributed by atoms with van der Waals surface area (Å²) in [5.41, 5.74) is 4.66. The van der Waals surface area contributed by atoms with Gasteiger partial charge in [0.05, 0.1) is 47.5 Å². The third kappa shape index (κ3) is 29.0. The molecule has 5 heterocycles. The van der Waals surface area contributed by atoms with Gasteiger partial charge in [-0.1, -0.05) is 62.6 Å². The van der Waals surface area contributed by atoms with Crippen LogP contribution < -0.4 is 59.1 Å². The number of aromatic nitrogens is 6. The molecule has 11 nitrogen and oxygen atoms in total. The van der Waals surface area contributed by atoms with Crippen LogP contribution >= 0.6 is 43.6 Å². The fraction of sp³-hybridized carbons (Fsp3) is 0.410. The molecule has 0 aliphatic carbocycles. The van der Waals surface area contributed by atoms with Gasteiger partial charge in [-0.2, -0.15) is 0 Å². The number of alkyl halides is 2. The number of aliphatic imine (C=N–C) groups is 2. The summed E-state index contributed by atoms with van der Waals surface area (Å²) in [5.74, 6) is 0.973. The Bertz CT molecular complexity index is 1660. The summed E-state index contributed by atoms with van der Waals surface area (Å²) in [5, 5.41) is 2.31. The quantitative estimate of drug-likeness (QED) is 0.0800. The minimum atomic E-state index is -0.611. The van der Waals surface area contributed by atoms with Crippen LogP contribution in [-0.2, 0) is 36.2 Å². The van der Waals surface area contributed by atoms with Crippen molar-refractivity contribution in [1.29, 1.82) is 0 Å². The Morgan fingerprint density at radius 3 is 1.86 bits per heavy atom. The number of unbranched alkanes of at least 4 members (excludes halogenated alkanes) is 4. The third-order valence-corrected chi connectivity index (χ3v) is 8.67. The molecule has 0 fully saturated rings. The zero-order valence-electron chi connectivity index (χ0n) is 33.5. The van der Waals surface area contributed by atoms with Gasteiger partial charge in [0.25, 0.3) is 0 Å². The number of nitrogens with zero attached hydrogens (tertiary/aromatic N) is 8. The molecule has 0 saturated carbocycles. The van der Waals surface area contributed by atoms with Gasteiger partial charge in [-0.25, -0.2) is 15.0 Å². The van der Waals surface area contributed by atoms with Gasteiger partial charge in [0, 0.05) is 90.7 Å². The number of aryl methyl sites for hydroxylation is 2. The molecular formula is C39H55Br2N8Na2O3S2+. The molecule has 56 heavy (non-hydrogen) atoms. The van der Waals surface area contributed by atoms with Crippen LogP contribution in [-0.4, -0.2) is 85.7 Å². The summed E-state index contributed by atoms with van der Waals surface area (Å²) in [6.07, 6.45) is 36.8. The number of fused-ring (bicyclic) bond motifs is 2. The number of allylic oxidation sites excluding steroid dienone is 1. The Morgan fingerprint density at radius 2 is 1.38 bits per heavy atom. The zero-order chi connectivity index (χ0) is 37.5. The molecule has 0 saturated heterocycles. The van der Waals surface area contributed by atoms with Gasteiger partial charge in [-0.15, -0.1) is 11.8 Å². The van der Waals surface area contributed by atoms with E-state index < -0.39 is 10.8 Å². The Labute approximate surface area is 402 Å². The number of hydrogen-bond acceptors (Lipinski definition) is 9. The monoisotopic (exact) mass is 951 g/mol. The number of para-hydroxylation sites is 3. The van der Waals surface area contributed by atoms with E-state index >= 15 is 0 Å². The van der Waals surface area contributed by atoms with Crippen molar-refractivity contribution in [1.82, 2.24) is 28.7 Å². The van der Waals surface area contributed by atoms with Crippen molar-refractivity contribution in [3.63, 3.8) is 0 Å². The van der Waals surface area contributed by atoms with Crippen LogP contribution in [0.1, 0.15) is 50.5 Å². The molecule has 2 aliphatic rings. The summed E-state index contributed by atoms with van der Waals surface area (Å²) in [4.78, 5) is 20.1. The van der Waals surface area contributed by atoms with E-state index in [0.29, 0.717) is 0 Å². The molecular weight excluding hydrogens is 898 g/mol. The first-order chi connectivity index (χ1) is 25.5. The van der Waals surface area contributed by atoms with Crippen molar-refractivity contribution in [3.8, 4) is 0 Å². The number of thioether (sulfide) groups is 1. The standard InChI is InChI=1S/C11H16N4.C9H10N2S.C8H6N.C5H10Br2.C4H5N.C2H6OS.2Na.2H2O/c1(2-6-14-8-4-12-10-14)3-7-15-9-5-13-11-15;1-12-7-11-6-10-8-4-2-3-5-9(8)11;1-2-4-8-7(3-1)5-6-9-8;6-4-2-1-3-5-7;1-2-4-5-3-1;1-4(2)3;;;;/h4-5,8-11H,1-3,6-7H2;2-6H,7H2,1H3;1-4H,5H2;1-5H2;1,3-4H,2H2;1-2H3;;;2*1H2/q;;+1;;;;2*+1;;/p-2. The molecule has 5 aromatic rings. The van der Waals surface area contributed by atoms with Crippen LogP contribution in [0.15, 0.2) is 115 Å². The van der Waals surface area contributed by atoms with E-state index in [0.717, 1.165) is 53.7 Å². The second-order valence-corrected chi connectivity index (χ2v) is 15.4. The third-order valence-electron chi connectivity index (χ3n) is 7.01.